The fourth-order valence-corrected chi connectivity index (χ4v) is 3.85. The normalized spacial score (nSPS) is 21.9. The lowest BCUT2D eigenvalue weighted by Gasteiger charge is -2.11. The number of hydrogen-bond acceptors (Lipinski definition) is 5. The van der Waals surface area contributed by atoms with Gasteiger partial charge in [-0.15, -0.1) is 0 Å². The number of benzene rings is 2. The molecule has 5 rings (SSSR count). The smallest absolute Gasteiger partial charge is 0.238 e. The van der Waals surface area contributed by atoms with Crippen LogP contribution >= 0.6 is 11.6 Å². The van der Waals surface area contributed by atoms with Crippen molar-refractivity contribution >= 4 is 45.6 Å². The van der Waals surface area contributed by atoms with Crippen molar-refractivity contribution in [3.63, 3.8) is 0 Å². The Bertz CT molecular complexity index is 1250. The van der Waals surface area contributed by atoms with Gasteiger partial charge in [0.05, 0.1) is 16.2 Å². The molecule has 1 aliphatic carbocycles. The van der Waals surface area contributed by atoms with Crippen LogP contribution in [0.15, 0.2) is 36.7 Å². The third kappa shape index (κ3) is 2.84. The molecular weight excluding hydrogens is 393 g/mol. The zero-order chi connectivity index (χ0) is 20.2. The summed E-state index contributed by atoms with van der Waals surface area (Å²) in [6, 6.07) is 8.12. The summed E-state index contributed by atoms with van der Waals surface area (Å²) in [6.07, 6.45) is 2.17. The molecule has 2 fully saturated rings. The van der Waals surface area contributed by atoms with Crippen molar-refractivity contribution in [2.24, 2.45) is 11.3 Å². The minimum Gasteiger partial charge on any atom is -0.398 e. The zero-order valence-electron chi connectivity index (χ0n) is 15.1. The van der Waals surface area contributed by atoms with Gasteiger partial charge in [0.25, 0.3) is 0 Å². The van der Waals surface area contributed by atoms with E-state index in [1.54, 1.807) is 24.3 Å². The molecule has 0 radical (unpaired) electrons. The summed E-state index contributed by atoms with van der Waals surface area (Å²) >= 11 is 5.85. The number of carbonyl (C=O) groups is 1. The number of rotatable bonds is 2. The largest absolute Gasteiger partial charge is 0.398 e. The molecule has 2 aromatic carbocycles. The van der Waals surface area contributed by atoms with Crippen LogP contribution in [0.5, 0.6) is 0 Å². The number of amides is 1. The molecular formula is C21H15ClFN5O. The highest BCUT2D eigenvalue weighted by Gasteiger charge is 2.63. The van der Waals surface area contributed by atoms with Crippen LogP contribution in [0.3, 0.4) is 0 Å². The Labute approximate surface area is 170 Å². The van der Waals surface area contributed by atoms with Gasteiger partial charge in [-0.3, -0.25) is 4.79 Å². The third-order valence-corrected chi connectivity index (χ3v) is 5.74. The molecule has 4 N–H and O–H groups in total. The monoisotopic (exact) mass is 407 g/mol. The van der Waals surface area contributed by atoms with Crippen molar-refractivity contribution in [2.75, 3.05) is 17.6 Å². The molecule has 1 saturated heterocycles. The van der Waals surface area contributed by atoms with Crippen molar-refractivity contribution < 1.29 is 9.18 Å². The summed E-state index contributed by atoms with van der Waals surface area (Å²) in [7, 11) is 0. The summed E-state index contributed by atoms with van der Waals surface area (Å²) in [4.78, 5) is 20.5. The average molecular weight is 408 g/mol. The first-order chi connectivity index (χ1) is 14.0. The Kier molecular flexibility index (Phi) is 3.86. The lowest BCUT2D eigenvalue weighted by atomic mass is 10.0. The summed E-state index contributed by atoms with van der Waals surface area (Å²) in [6.45, 7) is 0.684. The molecule has 1 aliphatic heterocycles. The number of anilines is 3. The molecule has 2 aliphatic rings. The van der Waals surface area contributed by atoms with E-state index in [1.807, 2.05) is 0 Å². The second kappa shape index (κ2) is 6.33. The summed E-state index contributed by atoms with van der Waals surface area (Å²) in [5, 5.41) is 6.42. The van der Waals surface area contributed by atoms with E-state index in [2.05, 4.69) is 32.4 Å². The molecule has 8 heteroatoms. The predicted molar refractivity (Wildman–Crippen MR) is 109 cm³/mol. The summed E-state index contributed by atoms with van der Waals surface area (Å²) in [5.41, 5.74) is 7.46. The van der Waals surface area contributed by atoms with Gasteiger partial charge in [0, 0.05) is 29.1 Å². The van der Waals surface area contributed by atoms with Gasteiger partial charge in [0.2, 0.25) is 5.91 Å². The first kappa shape index (κ1) is 17.7. The van der Waals surface area contributed by atoms with Gasteiger partial charge in [-0.1, -0.05) is 29.5 Å². The fraction of sp³-hybridized carbons (Fsp3) is 0.190. The minimum atomic E-state index is -0.566. The lowest BCUT2D eigenvalue weighted by Crippen LogP contribution is -2.24. The van der Waals surface area contributed by atoms with E-state index in [0.29, 0.717) is 34.5 Å². The van der Waals surface area contributed by atoms with Crippen LogP contribution in [0, 0.1) is 29.0 Å². The molecule has 2 unspecified atom stereocenters. The molecule has 0 spiro atoms. The number of hydrogen-bond donors (Lipinski definition) is 3. The quantitative estimate of drug-likeness (QED) is 0.448. The number of halogens is 2. The maximum Gasteiger partial charge on any atom is 0.238 e. The number of carbonyl (C=O) groups excluding carboxylic acids is 1. The Morgan fingerprint density at radius 2 is 2.21 bits per heavy atom. The highest BCUT2D eigenvalue weighted by molar-refractivity contribution is 6.31. The topological polar surface area (TPSA) is 92.9 Å². The second-order valence-electron chi connectivity index (χ2n) is 7.24. The average Bonchev–Trinajstić information content (AvgIpc) is 3.35. The van der Waals surface area contributed by atoms with Crippen LogP contribution in [0.2, 0.25) is 5.02 Å². The second-order valence-corrected chi connectivity index (χ2v) is 7.64. The van der Waals surface area contributed by atoms with Crippen molar-refractivity contribution in [1.82, 2.24) is 15.3 Å². The predicted octanol–water partition coefficient (Wildman–Crippen LogP) is 3.24. The molecule has 2 heterocycles. The van der Waals surface area contributed by atoms with E-state index < -0.39 is 11.2 Å². The van der Waals surface area contributed by atoms with Crippen molar-refractivity contribution in [2.45, 2.75) is 6.42 Å². The number of nitrogens with zero attached hydrogens (tertiary/aromatic N) is 2. The summed E-state index contributed by atoms with van der Waals surface area (Å²) < 4.78 is 14.2. The standard InChI is InChI=1S/C21H15ClFN5O/c22-14-2-1-3-16(18(14)23)28-19-13-7-15(24)11(6-17(13)26-10-27-19)4-5-21-8-12(21)9-25-20(21)29/h1-3,6-7,10,12H,8-9,24H2,(H,25,29)(H,26,27,28). The Morgan fingerprint density at radius 3 is 2.97 bits per heavy atom. The van der Waals surface area contributed by atoms with Crippen LogP contribution in [-0.4, -0.2) is 22.4 Å². The van der Waals surface area contributed by atoms with Gasteiger partial charge in [0.1, 0.15) is 17.6 Å². The van der Waals surface area contributed by atoms with Crippen molar-refractivity contribution in [3.05, 3.63) is 53.1 Å². The maximum atomic E-state index is 14.2. The number of piperidine rings is 1. The van der Waals surface area contributed by atoms with E-state index in [-0.39, 0.29) is 22.5 Å². The molecule has 1 saturated carbocycles. The first-order valence-electron chi connectivity index (χ1n) is 9.05. The summed E-state index contributed by atoms with van der Waals surface area (Å²) in [5.74, 6) is 6.27. The first-order valence-corrected chi connectivity index (χ1v) is 9.42. The fourth-order valence-electron chi connectivity index (χ4n) is 3.67. The van der Waals surface area contributed by atoms with Crippen LogP contribution in [0.1, 0.15) is 12.0 Å². The Balaban J connectivity index is 1.52. The van der Waals surface area contributed by atoms with Gasteiger partial charge in [-0.2, -0.15) is 0 Å². The number of nitrogens with one attached hydrogen (secondary N) is 2. The molecule has 6 nitrogen and oxygen atoms in total. The lowest BCUT2D eigenvalue weighted by molar-refractivity contribution is -0.122. The van der Waals surface area contributed by atoms with Gasteiger partial charge in [-0.05, 0) is 30.7 Å². The molecule has 29 heavy (non-hydrogen) atoms. The molecule has 0 bridgehead atoms. The van der Waals surface area contributed by atoms with Gasteiger partial charge in [0.15, 0.2) is 5.82 Å². The number of nitrogen functional groups attached to an aromatic ring is 1. The molecule has 3 aromatic rings. The van der Waals surface area contributed by atoms with Gasteiger partial charge < -0.3 is 16.4 Å². The van der Waals surface area contributed by atoms with E-state index in [4.69, 9.17) is 17.3 Å². The highest BCUT2D eigenvalue weighted by Crippen LogP contribution is 2.55. The van der Waals surface area contributed by atoms with Crippen LogP contribution in [-0.2, 0) is 4.79 Å². The van der Waals surface area contributed by atoms with E-state index in [9.17, 15) is 9.18 Å². The van der Waals surface area contributed by atoms with E-state index in [1.165, 1.54) is 12.4 Å². The molecule has 2 atom stereocenters. The minimum absolute atomic E-state index is 0.00767. The third-order valence-electron chi connectivity index (χ3n) is 5.45. The highest BCUT2D eigenvalue weighted by atomic mass is 35.5. The molecule has 1 amide bonds. The number of fused-ring (bicyclic) bond motifs is 2. The van der Waals surface area contributed by atoms with Crippen LogP contribution < -0.4 is 16.4 Å². The molecule has 1 aromatic heterocycles. The zero-order valence-corrected chi connectivity index (χ0v) is 15.8. The maximum absolute atomic E-state index is 14.2. The van der Waals surface area contributed by atoms with Gasteiger partial charge >= 0.3 is 0 Å². The van der Waals surface area contributed by atoms with Crippen LogP contribution in [0.25, 0.3) is 10.9 Å². The van der Waals surface area contributed by atoms with E-state index >= 15 is 0 Å². The number of aromatic nitrogens is 2. The number of nitrogens with two attached hydrogens (primary N) is 1. The SMILES string of the molecule is Nc1cc2c(Nc3cccc(Cl)c3F)ncnc2cc1C#CC12CC1CNC2=O. The van der Waals surface area contributed by atoms with Gasteiger partial charge in [-0.25, -0.2) is 14.4 Å². The van der Waals surface area contributed by atoms with Crippen molar-refractivity contribution in [1.29, 1.82) is 0 Å². The molecule has 144 valence electrons. The van der Waals surface area contributed by atoms with E-state index in [0.717, 1.165) is 6.42 Å². The van der Waals surface area contributed by atoms with Crippen LogP contribution in [0.4, 0.5) is 21.6 Å². The Hall–Kier alpha value is -3.37. The Morgan fingerprint density at radius 1 is 1.34 bits per heavy atom. The van der Waals surface area contributed by atoms with Crippen molar-refractivity contribution in [3.8, 4) is 11.8 Å².